The van der Waals surface area contributed by atoms with Crippen LogP contribution in [-0.2, 0) is 13.5 Å². The van der Waals surface area contributed by atoms with E-state index < -0.39 is 0 Å². The Bertz CT molecular complexity index is 308. The number of carbonyl (C=O) groups is 1. The van der Waals surface area contributed by atoms with E-state index in [-0.39, 0.29) is 30.0 Å². The van der Waals surface area contributed by atoms with Gasteiger partial charge >= 0.3 is 6.03 Å². The lowest BCUT2D eigenvalue weighted by Crippen LogP contribution is -3.00. The molecule has 0 saturated heterocycles. The number of fused-ring (bicyclic) bond motifs is 1. The highest BCUT2D eigenvalue weighted by atomic mass is 127. The molecule has 12 heavy (non-hydrogen) atoms. The predicted molar refractivity (Wildman–Crippen MR) is 38.1 cm³/mol. The number of amides is 1. The van der Waals surface area contributed by atoms with Crippen molar-refractivity contribution in [3.05, 3.63) is 18.2 Å². The molecule has 66 valence electrons. The summed E-state index contributed by atoms with van der Waals surface area (Å²) < 4.78 is 3.53. The van der Waals surface area contributed by atoms with E-state index in [0.717, 1.165) is 18.7 Å². The molecule has 4 nitrogen and oxygen atoms in total. The molecule has 5 heteroatoms. The fourth-order valence-corrected chi connectivity index (χ4v) is 1.34. The molecule has 1 aromatic heterocycles. The van der Waals surface area contributed by atoms with Gasteiger partial charge in [-0.05, 0) is 0 Å². The highest BCUT2D eigenvalue weighted by molar-refractivity contribution is 5.77. The summed E-state index contributed by atoms with van der Waals surface area (Å²) in [6.07, 6.45) is 4.68. The van der Waals surface area contributed by atoms with E-state index in [1.807, 2.05) is 17.8 Å². The minimum atomic E-state index is -0.0214. The van der Waals surface area contributed by atoms with E-state index in [1.54, 1.807) is 10.9 Å². The number of carbonyl (C=O) groups excluding carboxylic acids is 1. The molecule has 0 aromatic carbocycles. The van der Waals surface area contributed by atoms with Crippen LogP contribution in [0.2, 0.25) is 0 Å². The van der Waals surface area contributed by atoms with Gasteiger partial charge in [0.15, 0.2) is 5.69 Å². The van der Waals surface area contributed by atoms with Crippen molar-refractivity contribution in [2.45, 2.75) is 6.42 Å². The number of nitrogens with zero attached hydrogens (tertiary/aromatic N) is 2. The van der Waals surface area contributed by atoms with Gasteiger partial charge in [-0.1, -0.05) is 0 Å². The second kappa shape index (κ2) is 3.42. The van der Waals surface area contributed by atoms with Crippen LogP contribution in [0.1, 0.15) is 5.69 Å². The van der Waals surface area contributed by atoms with Gasteiger partial charge in [0.2, 0.25) is 0 Å². The average Bonchev–Trinajstić information content (AvgIpc) is 2.31. The summed E-state index contributed by atoms with van der Waals surface area (Å²) in [4.78, 5) is 11.1. The summed E-state index contributed by atoms with van der Waals surface area (Å²) in [5, 5.41) is 2.76. The number of aromatic nitrogens is 2. The smallest absolute Gasteiger partial charge is 0.413 e. The molecular formula is C7H10IN3O. The highest BCUT2D eigenvalue weighted by Gasteiger charge is 2.22. The zero-order chi connectivity index (χ0) is 7.84. The van der Waals surface area contributed by atoms with Crippen molar-refractivity contribution in [1.82, 2.24) is 9.88 Å². The zero-order valence-corrected chi connectivity index (χ0v) is 8.91. The maximum Gasteiger partial charge on any atom is 0.413 e. The minimum absolute atomic E-state index is 0. The summed E-state index contributed by atoms with van der Waals surface area (Å²) in [6, 6.07) is -0.0214. The van der Waals surface area contributed by atoms with Crippen LogP contribution in [-0.4, -0.2) is 17.1 Å². The van der Waals surface area contributed by atoms with Crippen LogP contribution in [0.15, 0.2) is 12.5 Å². The number of aryl methyl sites for hydroxylation is 1. The Morgan fingerprint density at radius 3 is 3.08 bits per heavy atom. The average molecular weight is 279 g/mol. The molecule has 1 aliphatic rings. The van der Waals surface area contributed by atoms with E-state index in [4.69, 9.17) is 0 Å². The molecule has 0 unspecified atom stereocenters. The van der Waals surface area contributed by atoms with Crippen molar-refractivity contribution < 1.29 is 33.3 Å². The number of nitrogens with one attached hydrogen (secondary N) is 1. The number of hydrogen-bond donors (Lipinski definition) is 1. The molecule has 1 N–H and O–H groups in total. The highest BCUT2D eigenvalue weighted by Crippen LogP contribution is 2.01. The number of rotatable bonds is 0. The maximum atomic E-state index is 11.1. The molecule has 2 rings (SSSR count). The van der Waals surface area contributed by atoms with Gasteiger partial charge in [-0.25, -0.2) is 9.36 Å². The molecule has 2 heterocycles. The van der Waals surface area contributed by atoms with Crippen molar-refractivity contribution in [1.29, 1.82) is 0 Å². The van der Waals surface area contributed by atoms with Crippen LogP contribution in [0.4, 0.5) is 4.79 Å². The molecule has 1 aliphatic heterocycles. The van der Waals surface area contributed by atoms with Crippen LogP contribution in [0.5, 0.6) is 0 Å². The molecule has 0 fully saturated rings. The Balaban J connectivity index is 0.000000720. The summed E-state index contributed by atoms with van der Waals surface area (Å²) >= 11 is 0. The van der Waals surface area contributed by atoms with Gasteiger partial charge in [-0.2, -0.15) is 0 Å². The fourth-order valence-electron chi connectivity index (χ4n) is 1.34. The molecule has 1 amide bonds. The number of halogens is 1. The molecule has 0 saturated carbocycles. The van der Waals surface area contributed by atoms with E-state index in [1.165, 1.54) is 0 Å². The standard InChI is InChI=1S/C7H9N3O.HI/c1-9-4-6-2-3-8-7(11)10(6)5-9;/h4-5H,2-3H2,1H3;1H. The third-order valence-corrected chi connectivity index (χ3v) is 1.84. The lowest BCUT2D eigenvalue weighted by molar-refractivity contribution is -0.670. The van der Waals surface area contributed by atoms with Gasteiger partial charge in [0, 0.05) is 13.0 Å². The SMILES string of the molecule is C[n+]1cc2n(c1)C(=O)NCC2.[I-]. The molecule has 0 aliphatic carbocycles. The van der Waals surface area contributed by atoms with E-state index in [9.17, 15) is 4.79 Å². The summed E-state index contributed by atoms with van der Waals surface area (Å²) in [5.74, 6) is 0. The minimum Gasteiger partial charge on any atom is -1.00 e. The first kappa shape index (κ1) is 9.50. The Morgan fingerprint density at radius 1 is 1.67 bits per heavy atom. The third kappa shape index (κ3) is 1.45. The van der Waals surface area contributed by atoms with Gasteiger partial charge in [0.1, 0.15) is 6.20 Å². The first-order chi connectivity index (χ1) is 5.27. The third-order valence-electron chi connectivity index (χ3n) is 1.84. The van der Waals surface area contributed by atoms with E-state index in [2.05, 4.69) is 5.32 Å². The van der Waals surface area contributed by atoms with Gasteiger partial charge < -0.3 is 29.3 Å². The Labute approximate surface area is 87.6 Å². The summed E-state index contributed by atoms with van der Waals surface area (Å²) in [6.45, 7) is 0.753. The quantitative estimate of drug-likeness (QED) is 0.387. The van der Waals surface area contributed by atoms with Crippen molar-refractivity contribution in [2.75, 3.05) is 6.54 Å². The molecule has 1 aromatic rings. The first-order valence-electron chi connectivity index (χ1n) is 3.62. The van der Waals surface area contributed by atoms with Crippen LogP contribution in [0.25, 0.3) is 0 Å². The van der Waals surface area contributed by atoms with E-state index >= 15 is 0 Å². The molecular weight excluding hydrogens is 269 g/mol. The summed E-state index contributed by atoms with van der Waals surface area (Å²) in [7, 11) is 1.92. The van der Waals surface area contributed by atoms with Crippen molar-refractivity contribution in [3.63, 3.8) is 0 Å². The molecule has 0 spiro atoms. The largest absolute Gasteiger partial charge is 1.00 e. The van der Waals surface area contributed by atoms with Crippen LogP contribution in [0.3, 0.4) is 0 Å². The lowest BCUT2D eigenvalue weighted by Gasteiger charge is -2.07. The Hall–Kier alpha value is -0.590. The Morgan fingerprint density at radius 2 is 2.42 bits per heavy atom. The van der Waals surface area contributed by atoms with Crippen molar-refractivity contribution >= 4 is 6.03 Å². The van der Waals surface area contributed by atoms with Gasteiger partial charge in [0.05, 0.1) is 7.05 Å². The zero-order valence-electron chi connectivity index (χ0n) is 6.75. The number of hydrogen-bond acceptors (Lipinski definition) is 1. The summed E-state index contributed by atoms with van der Waals surface area (Å²) in [5.41, 5.74) is 1.08. The second-order valence-corrected chi connectivity index (χ2v) is 2.75. The maximum absolute atomic E-state index is 11.1. The normalized spacial score (nSPS) is 14.6. The van der Waals surface area contributed by atoms with Crippen LogP contribution >= 0.6 is 0 Å². The molecule has 0 atom stereocenters. The molecule has 0 bridgehead atoms. The fraction of sp³-hybridized carbons (Fsp3) is 0.429. The lowest BCUT2D eigenvalue weighted by atomic mass is 10.3. The topological polar surface area (TPSA) is 37.9 Å². The van der Waals surface area contributed by atoms with Gasteiger partial charge in [0.25, 0.3) is 6.33 Å². The Kier molecular flexibility index (Phi) is 2.71. The second-order valence-electron chi connectivity index (χ2n) is 2.75. The van der Waals surface area contributed by atoms with Gasteiger partial charge in [-0.15, -0.1) is 4.57 Å². The van der Waals surface area contributed by atoms with Crippen molar-refractivity contribution in [2.24, 2.45) is 7.05 Å². The van der Waals surface area contributed by atoms with Crippen LogP contribution < -0.4 is 33.9 Å². The predicted octanol–water partition coefficient (Wildman–Crippen LogP) is -3.57. The van der Waals surface area contributed by atoms with Gasteiger partial charge in [-0.3, -0.25) is 0 Å². The monoisotopic (exact) mass is 279 g/mol. The number of imidazole rings is 1. The van der Waals surface area contributed by atoms with E-state index in [0.29, 0.717) is 0 Å². The van der Waals surface area contributed by atoms with Crippen molar-refractivity contribution in [3.8, 4) is 0 Å². The first-order valence-corrected chi connectivity index (χ1v) is 3.62. The molecule has 0 radical (unpaired) electrons. The van der Waals surface area contributed by atoms with Crippen LogP contribution in [0, 0.1) is 0 Å².